The lowest BCUT2D eigenvalue weighted by atomic mass is 9.86. The van der Waals surface area contributed by atoms with E-state index < -0.39 is 36.0 Å². The summed E-state index contributed by atoms with van der Waals surface area (Å²) in [6.45, 7) is 1.10. The van der Waals surface area contributed by atoms with Crippen molar-refractivity contribution in [2.24, 2.45) is 5.92 Å². The monoisotopic (exact) mass is 373 g/mol. The van der Waals surface area contributed by atoms with Gasteiger partial charge in [0.15, 0.2) is 6.61 Å². The van der Waals surface area contributed by atoms with Gasteiger partial charge in [-0.2, -0.15) is 5.01 Å². The smallest absolute Gasteiger partial charge is 0.344 e. The van der Waals surface area contributed by atoms with Crippen LogP contribution < -0.4 is 10.7 Å². The molecule has 0 spiro atoms. The van der Waals surface area contributed by atoms with Crippen LogP contribution in [-0.4, -0.2) is 41.0 Å². The number of imide groups is 1. The minimum Gasteiger partial charge on any atom is -0.455 e. The van der Waals surface area contributed by atoms with Crippen molar-refractivity contribution >= 4 is 23.8 Å². The van der Waals surface area contributed by atoms with Gasteiger partial charge in [-0.15, -0.1) is 0 Å². The van der Waals surface area contributed by atoms with Crippen molar-refractivity contribution in [2.75, 3.05) is 6.61 Å². The Kier molecular flexibility index (Phi) is 5.43. The van der Waals surface area contributed by atoms with E-state index in [0.717, 1.165) is 24.8 Å². The fourth-order valence-electron chi connectivity index (χ4n) is 3.05. The van der Waals surface area contributed by atoms with E-state index in [4.69, 9.17) is 4.74 Å². The van der Waals surface area contributed by atoms with Crippen LogP contribution in [0.1, 0.15) is 38.2 Å². The van der Waals surface area contributed by atoms with Crippen LogP contribution in [-0.2, 0) is 25.5 Å². The number of carbonyl (C=O) groups is 4. The number of rotatable bonds is 7. The summed E-state index contributed by atoms with van der Waals surface area (Å²) >= 11 is 0. The molecule has 2 fully saturated rings. The topological polar surface area (TPSA) is 105 Å². The molecule has 2 aliphatic rings. The van der Waals surface area contributed by atoms with Gasteiger partial charge in [0.1, 0.15) is 5.54 Å². The van der Waals surface area contributed by atoms with Crippen molar-refractivity contribution < 1.29 is 23.9 Å². The molecule has 1 aliphatic heterocycles. The van der Waals surface area contributed by atoms with Crippen LogP contribution in [0.3, 0.4) is 0 Å². The second-order valence-corrected chi connectivity index (χ2v) is 7.16. The molecule has 1 aromatic rings. The first-order valence-electron chi connectivity index (χ1n) is 9.06. The molecule has 2 N–H and O–H groups in total. The van der Waals surface area contributed by atoms with Gasteiger partial charge in [0.2, 0.25) is 0 Å². The van der Waals surface area contributed by atoms with Crippen LogP contribution in [0.25, 0.3) is 0 Å². The van der Waals surface area contributed by atoms with Gasteiger partial charge in [-0.05, 0) is 38.2 Å². The zero-order valence-electron chi connectivity index (χ0n) is 15.2. The molecule has 8 nitrogen and oxygen atoms in total. The number of nitrogens with zero attached hydrogens (tertiary/aromatic N) is 1. The van der Waals surface area contributed by atoms with Crippen molar-refractivity contribution in [3.63, 3.8) is 0 Å². The fourth-order valence-corrected chi connectivity index (χ4v) is 3.05. The van der Waals surface area contributed by atoms with E-state index in [-0.39, 0.29) is 5.92 Å². The van der Waals surface area contributed by atoms with Crippen LogP contribution in [0.5, 0.6) is 0 Å². The number of nitrogens with one attached hydrogen (secondary N) is 2. The third kappa shape index (κ3) is 4.27. The first kappa shape index (κ1) is 18.9. The molecule has 0 radical (unpaired) electrons. The van der Waals surface area contributed by atoms with Crippen molar-refractivity contribution in [1.29, 1.82) is 0 Å². The highest BCUT2D eigenvalue weighted by Crippen LogP contribution is 2.27. The van der Waals surface area contributed by atoms with Gasteiger partial charge in [0.05, 0.1) is 5.92 Å². The normalized spacial score (nSPS) is 22.2. The van der Waals surface area contributed by atoms with Gasteiger partial charge in [-0.25, -0.2) is 4.79 Å². The number of amides is 4. The highest BCUT2D eigenvalue weighted by Gasteiger charge is 2.48. The molecule has 27 heavy (non-hydrogen) atoms. The molecule has 1 aromatic carbocycles. The van der Waals surface area contributed by atoms with Crippen molar-refractivity contribution in [2.45, 2.75) is 44.6 Å². The second kappa shape index (κ2) is 7.77. The molecule has 0 aromatic heterocycles. The molecule has 8 heteroatoms. The number of urea groups is 1. The van der Waals surface area contributed by atoms with E-state index in [1.165, 1.54) is 0 Å². The van der Waals surface area contributed by atoms with Crippen LogP contribution >= 0.6 is 0 Å². The number of esters is 1. The van der Waals surface area contributed by atoms with Crippen LogP contribution in [0, 0.1) is 5.92 Å². The number of benzene rings is 1. The zero-order valence-corrected chi connectivity index (χ0v) is 15.2. The average Bonchev–Trinajstić information content (AvgIpc) is 2.81. The van der Waals surface area contributed by atoms with E-state index in [9.17, 15) is 19.2 Å². The van der Waals surface area contributed by atoms with Gasteiger partial charge < -0.3 is 10.1 Å². The Hall–Kier alpha value is -2.90. The number of hydrazine groups is 1. The Morgan fingerprint density at radius 3 is 2.59 bits per heavy atom. The molecule has 1 saturated carbocycles. The summed E-state index contributed by atoms with van der Waals surface area (Å²) in [6.07, 6.45) is 3.52. The molecule has 1 atom stereocenters. The Morgan fingerprint density at radius 2 is 1.96 bits per heavy atom. The predicted octanol–water partition coefficient (Wildman–Crippen LogP) is 1.30. The summed E-state index contributed by atoms with van der Waals surface area (Å²) in [7, 11) is 0. The maximum Gasteiger partial charge on any atom is 0.344 e. The molecule has 0 bridgehead atoms. The fraction of sp³-hybridized carbons (Fsp3) is 0.474. The van der Waals surface area contributed by atoms with E-state index in [1.54, 1.807) is 6.92 Å². The van der Waals surface area contributed by atoms with Gasteiger partial charge in [0, 0.05) is 0 Å². The second-order valence-electron chi connectivity index (χ2n) is 7.16. The molecule has 0 unspecified atom stereocenters. The Bertz CT molecular complexity index is 747. The lowest BCUT2D eigenvalue weighted by molar-refractivity contribution is -0.156. The largest absolute Gasteiger partial charge is 0.455 e. The van der Waals surface area contributed by atoms with Crippen LogP contribution in [0.4, 0.5) is 4.79 Å². The predicted molar refractivity (Wildman–Crippen MR) is 95.0 cm³/mol. The SMILES string of the molecule is C[C@@]1(CCc2ccccc2)NC(=O)N(NC(=O)COC(=O)C2CCC2)C1=O. The van der Waals surface area contributed by atoms with Crippen LogP contribution in [0.2, 0.25) is 0 Å². The lowest BCUT2D eigenvalue weighted by Crippen LogP contribution is -2.50. The maximum atomic E-state index is 12.6. The highest BCUT2D eigenvalue weighted by molar-refractivity contribution is 6.07. The number of ether oxygens (including phenoxy) is 1. The van der Waals surface area contributed by atoms with Crippen molar-refractivity contribution in [1.82, 2.24) is 15.8 Å². The third-order valence-electron chi connectivity index (χ3n) is 5.04. The van der Waals surface area contributed by atoms with Gasteiger partial charge in [-0.3, -0.25) is 19.8 Å². The summed E-state index contributed by atoms with van der Waals surface area (Å²) in [6, 6.07) is 8.91. The van der Waals surface area contributed by atoms with Gasteiger partial charge in [-0.1, -0.05) is 36.8 Å². The summed E-state index contributed by atoms with van der Waals surface area (Å²) < 4.78 is 4.93. The minimum atomic E-state index is -1.11. The molecule has 3 rings (SSSR count). The number of hydrogen-bond acceptors (Lipinski definition) is 5. The summed E-state index contributed by atoms with van der Waals surface area (Å²) in [5, 5.41) is 3.28. The lowest BCUT2D eigenvalue weighted by Gasteiger charge is -2.23. The molecular weight excluding hydrogens is 350 g/mol. The molecule has 144 valence electrons. The maximum absolute atomic E-state index is 12.6. The number of hydrogen-bond donors (Lipinski definition) is 2. The Balaban J connectivity index is 1.51. The summed E-state index contributed by atoms with van der Waals surface area (Å²) in [4.78, 5) is 48.3. The first-order valence-corrected chi connectivity index (χ1v) is 9.06. The molecule has 1 saturated heterocycles. The Morgan fingerprint density at radius 1 is 1.26 bits per heavy atom. The highest BCUT2D eigenvalue weighted by atomic mass is 16.5. The quantitative estimate of drug-likeness (QED) is 0.554. The molecular formula is C19H23N3O5. The summed E-state index contributed by atoms with van der Waals surface area (Å²) in [5.74, 6) is -1.82. The Labute approximate surface area is 157 Å². The minimum absolute atomic E-state index is 0.143. The molecule has 1 aliphatic carbocycles. The number of carbonyl (C=O) groups excluding carboxylic acids is 4. The molecule has 1 heterocycles. The van der Waals surface area contributed by atoms with Crippen molar-refractivity contribution in [3.05, 3.63) is 35.9 Å². The van der Waals surface area contributed by atoms with E-state index >= 15 is 0 Å². The summed E-state index contributed by atoms with van der Waals surface area (Å²) in [5.41, 5.74) is 2.16. The average molecular weight is 373 g/mol. The first-order chi connectivity index (χ1) is 12.9. The number of aryl methyl sites for hydroxylation is 1. The van der Waals surface area contributed by atoms with E-state index in [0.29, 0.717) is 17.9 Å². The van der Waals surface area contributed by atoms with Crippen LogP contribution in [0.15, 0.2) is 30.3 Å². The third-order valence-corrected chi connectivity index (χ3v) is 5.04. The van der Waals surface area contributed by atoms with Gasteiger partial charge in [0.25, 0.3) is 11.8 Å². The zero-order chi connectivity index (χ0) is 19.4. The van der Waals surface area contributed by atoms with E-state index in [1.807, 2.05) is 30.3 Å². The van der Waals surface area contributed by atoms with Crippen molar-refractivity contribution in [3.8, 4) is 0 Å². The van der Waals surface area contributed by atoms with Gasteiger partial charge >= 0.3 is 12.0 Å². The molecule has 4 amide bonds. The standard InChI is InChI=1S/C19H23N3O5/c1-19(11-10-13-6-3-2-4-7-13)17(25)22(18(26)20-19)21-15(23)12-27-16(24)14-8-5-9-14/h2-4,6-7,14H,5,8-12H2,1H3,(H,20,26)(H,21,23)/t19-/m0/s1. The van der Waals surface area contributed by atoms with E-state index in [2.05, 4.69) is 10.7 Å².